The van der Waals surface area contributed by atoms with Crippen molar-refractivity contribution < 1.29 is 31.6 Å². The summed E-state index contributed by atoms with van der Waals surface area (Å²) in [6.07, 6.45) is 3.03. The first-order chi connectivity index (χ1) is 13.8. The van der Waals surface area contributed by atoms with Crippen LogP contribution in [-0.4, -0.2) is 46.6 Å². The van der Waals surface area contributed by atoms with Crippen LogP contribution in [-0.2, 0) is 33.3 Å². The highest BCUT2D eigenvalue weighted by Crippen LogP contribution is 2.28. The highest BCUT2D eigenvalue weighted by molar-refractivity contribution is 7.86. The van der Waals surface area contributed by atoms with Crippen molar-refractivity contribution in [2.24, 2.45) is 5.92 Å². The number of cyclic esters (lactones) is 1. The Morgan fingerprint density at radius 1 is 1.24 bits per heavy atom. The molecule has 0 amide bonds. The molecule has 29 heavy (non-hydrogen) atoms. The van der Waals surface area contributed by atoms with Crippen LogP contribution in [0, 0.1) is 12.8 Å². The minimum Gasteiger partial charge on any atom is -0.460 e. The third-order valence-corrected chi connectivity index (χ3v) is 6.32. The average Bonchev–Trinajstić information content (AvgIpc) is 3.05. The van der Waals surface area contributed by atoms with E-state index in [1.807, 2.05) is 6.92 Å². The minimum atomic E-state index is -3.89. The van der Waals surface area contributed by atoms with Crippen molar-refractivity contribution in [1.29, 1.82) is 0 Å². The van der Waals surface area contributed by atoms with E-state index in [-0.39, 0.29) is 29.7 Å². The molecule has 1 unspecified atom stereocenters. The first kappa shape index (κ1) is 22.0. The van der Waals surface area contributed by atoms with Gasteiger partial charge in [-0.05, 0) is 44.7 Å². The van der Waals surface area contributed by atoms with Gasteiger partial charge in [-0.1, -0.05) is 29.8 Å². The predicted molar refractivity (Wildman–Crippen MR) is 106 cm³/mol. The lowest BCUT2D eigenvalue weighted by Gasteiger charge is -2.23. The standard InChI is InChI=1S/C21H28O7S/c1-15-6-8-19(9-7-15)29(23,24)27-14-18-12-17(21(22)28-18)11-16(2)13-26-20-5-3-4-10-25-20/h6-9,17-18,20H,2-5,10-14H2,1H3/t17-,18-,20?/m0/s1. The Balaban J connectivity index is 1.43. The fourth-order valence-electron chi connectivity index (χ4n) is 3.39. The molecule has 0 saturated carbocycles. The van der Waals surface area contributed by atoms with Gasteiger partial charge in [0.2, 0.25) is 0 Å². The van der Waals surface area contributed by atoms with Gasteiger partial charge in [-0.15, -0.1) is 0 Å². The normalized spacial score (nSPS) is 25.0. The van der Waals surface area contributed by atoms with E-state index < -0.39 is 16.2 Å². The maximum atomic E-state index is 12.3. The first-order valence-corrected chi connectivity index (χ1v) is 11.3. The third-order valence-electron chi connectivity index (χ3n) is 5.03. The largest absolute Gasteiger partial charge is 0.460 e. The van der Waals surface area contributed by atoms with E-state index in [1.165, 1.54) is 12.1 Å². The van der Waals surface area contributed by atoms with Crippen LogP contribution in [0.15, 0.2) is 41.3 Å². The molecule has 0 radical (unpaired) electrons. The molecule has 2 saturated heterocycles. The molecule has 160 valence electrons. The van der Waals surface area contributed by atoms with Gasteiger partial charge >= 0.3 is 5.97 Å². The van der Waals surface area contributed by atoms with Crippen molar-refractivity contribution in [3.63, 3.8) is 0 Å². The van der Waals surface area contributed by atoms with Crippen LogP contribution in [0.4, 0.5) is 0 Å². The summed E-state index contributed by atoms with van der Waals surface area (Å²) < 4.78 is 46.1. The lowest BCUT2D eigenvalue weighted by molar-refractivity contribution is -0.157. The van der Waals surface area contributed by atoms with E-state index in [9.17, 15) is 13.2 Å². The lowest BCUT2D eigenvalue weighted by atomic mass is 9.97. The number of hydrogen-bond donors (Lipinski definition) is 0. The molecular weight excluding hydrogens is 396 g/mol. The molecule has 8 heteroatoms. The molecular formula is C21H28O7S. The maximum Gasteiger partial charge on any atom is 0.309 e. The van der Waals surface area contributed by atoms with Crippen molar-refractivity contribution in [3.8, 4) is 0 Å². The van der Waals surface area contributed by atoms with Crippen LogP contribution in [0.25, 0.3) is 0 Å². The number of rotatable bonds is 9. The minimum absolute atomic E-state index is 0.0828. The van der Waals surface area contributed by atoms with Crippen LogP contribution in [0.1, 0.15) is 37.7 Å². The Kier molecular flexibility index (Phi) is 7.45. The van der Waals surface area contributed by atoms with Crippen molar-refractivity contribution in [1.82, 2.24) is 0 Å². The summed E-state index contributed by atoms with van der Waals surface area (Å²) >= 11 is 0. The number of benzene rings is 1. The van der Waals surface area contributed by atoms with Crippen molar-refractivity contribution in [2.45, 2.75) is 56.3 Å². The summed E-state index contributed by atoms with van der Waals surface area (Å²) in [7, 11) is -3.89. The van der Waals surface area contributed by atoms with Gasteiger partial charge in [0.05, 0.1) is 17.4 Å². The molecule has 3 rings (SSSR count). The van der Waals surface area contributed by atoms with Crippen LogP contribution in [0.2, 0.25) is 0 Å². The summed E-state index contributed by atoms with van der Waals surface area (Å²) in [5, 5.41) is 0. The van der Waals surface area contributed by atoms with Gasteiger partial charge in [-0.2, -0.15) is 8.42 Å². The fourth-order valence-corrected chi connectivity index (χ4v) is 4.33. The van der Waals surface area contributed by atoms with Gasteiger partial charge in [0.25, 0.3) is 10.1 Å². The van der Waals surface area contributed by atoms with Crippen molar-refractivity contribution in [2.75, 3.05) is 19.8 Å². The van der Waals surface area contributed by atoms with E-state index in [1.54, 1.807) is 12.1 Å². The number of carbonyl (C=O) groups is 1. The maximum absolute atomic E-state index is 12.3. The molecule has 1 aromatic carbocycles. The zero-order valence-electron chi connectivity index (χ0n) is 16.7. The molecule has 3 atom stereocenters. The van der Waals surface area contributed by atoms with E-state index in [2.05, 4.69) is 6.58 Å². The number of esters is 1. The molecule has 0 aromatic heterocycles. The summed E-state index contributed by atoms with van der Waals surface area (Å²) in [5.41, 5.74) is 1.74. The van der Waals surface area contributed by atoms with E-state index in [0.717, 1.165) is 30.4 Å². The molecule has 2 aliphatic heterocycles. The molecule has 0 N–H and O–H groups in total. The highest BCUT2D eigenvalue weighted by Gasteiger charge is 2.36. The van der Waals surface area contributed by atoms with Crippen molar-refractivity contribution >= 4 is 16.1 Å². The molecule has 2 fully saturated rings. The monoisotopic (exact) mass is 424 g/mol. The highest BCUT2D eigenvalue weighted by atomic mass is 32.2. The van der Waals surface area contributed by atoms with E-state index >= 15 is 0 Å². The Bertz CT molecular complexity index is 810. The molecule has 2 aliphatic rings. The van der Waals surface area contributed by atoms with Crippen LogP contribution >= 0.6 is 0 Å². The third kappa shape index (κ3) is 6.37. The molecule has 1 aromatic rings. The SMILES string of the molecule is C=C(COC1CCCCO1)C[C@H]1C[C@@H](COS(=O)(=O)c2ccc(C)cc2)OC1=O. The molecule has 0 aliphatic carbocycles. The molecule has 2 heterocycles. The van der Waals surface area contributed by atoms with Crippen LogP contribution < -0.4 is 0 Å². The summed E-state index contributed by atoms with van der Waals surface area (Å²) in [5.74, 6) is -0.726. The van der Waals surface area contributed by atoms with Gasteiger partial charge < -0.3 is 14.2 Å². The quantitative estimate of drug-likeness (QED) is 0.342. The van der Waals surface area contributed by atoms with Crippen LogP contribution in [0.3, 0.4) is 0 Å². The second-order valence-electron chi connectivity index (χ2n) is 7.60. The van der Waals surface area contributed by atoms with E-state index in [4.69, 9.17) is 18.4 Å². The Hall–Kier alpha value is -1.74. The Labute approximate surface area is 172 Å². The second kappa shape index (κ2) is 9.84. The molecule has 0 spiro atoms. The average molecular weight is 425 g/mol. The fraction of sp³-hybridized carbons (Fsp3) is 0.571. The zero-order chi connectivity index (χ0) is 20.9. The zero-order valence-corrected chi connectivity index (χ0v) is 17.5. The second-order valence-corrected chi connectivity index (χ2v) is 9.22. The lowest BCUT2D eigenvalue weighted by Crippen LogP contribution is -2.23. The van der Waals surface area contributed by atoms with E-state index in [0.29, 0.717) is 26.1 Å². The molecule has 0 bridgehead atoms. The summed E-state index contributed by atoms with van der Waals surface area (Å²) in [6.45, 7) is 6.69. The van der Waals surface area contributed by atoms with Gasteiger partial charge in [-0.25, -0.2) is 0 Å². The number of carbonyl (C=O) groups excluding carboxylic acids is 1. The topological polar surface area (TPSA) is 88.1 Å². The number of aryl methyl sites for hydroxylation is 1. The smallest absolute Gasteiger partial charge is 0.309 e. The molecule has 7 nitrogen and oxygen atoms in total. The van der Waals surface area contributed by atoms with Gasteiger partial charge in [0, 0.05) is 13.0 Å². The van der Waals surface area contributed by atoms with Gasteiger partial charge in [0.15, 0.2) is 6.29 Å². The number of hydrogen-bond acceptors (Lipinski definition) is 7. The first-order valence-electron chi connectivity index (χ1n) is 9.90. The summed E-state index contributed by atoms with van der Waals surface area (Å²) in [6, 6.07) is 6.39. The van der Waals surface area contributed by atoms with Gasteiger partial charge in [-0.3, -0.25) is 8.98 Å². The number of ether oxygens (including phenoxy) is 3. The predicted octanol–water partition coefficient (Wildman–Crippen LogP) is 3.12. The van der Waals surface area contributed by atoms with Gasteiger partial charge in [0.1, 0.15) is 12.7 Å². The van der Waals surface area contributed by atoms with Crippen molar-refractivity contribution in [3.05, 3.63) is 42.0 Å². The summed E-state index contributed by atoms with van der Waals surface area (Å²) in [4.78, 5) is 12.2. The Morgan fingerprint density at radius 3 is 2.69 bits per heavy atom. The van der Waals surface area contributed by atoms with Crippen LogP contribution in [0.5, 0.6) is 0 Å². The Morgan fingerprint density at radius 2 is 2.00 bits per heavy atom.